The Bertz CT molecular complexity index is 390. The van der Waals surface area contributed by atoms with Gasteiger partial charge in [0.2, 0.25) is 0 Å². The molecule has 2 aromatic rings. The molecule has 1 nitrogen and oxygen atoms in total. The van der Waals surface area contributed by atoms with Crippen LogP contribution in [0.25, 0.3) is 10.9 Å². The van der Waals surface area contributed by atoms with Gasteiger partial charge < -0.3 is 4.98 Å². The Kier molecular flexibility index (Phi) is 1.43. The molecule has 0 bridgehead atoms. The second kappa shape index (κ2) is 2.34. The molecule has 0 fully saturated rings. The number of rotatable bonds is 0. The van der Waals surface area contributed by atoms with Gasteiger partial charge in [-0.1, -0.05) is 0 Å². The first kappa shape index (κ1) is 7.35. The van der Waals surface area contributed by atoms with E-state index in [0.717, 1.165) is 16.6 Å². The summed E-state index contributed by atoms with van der Waals surface area (Å²) in [6.45, 7) is 3.73. The number of nitrogens with one attached hydrogen (secondary N) is 1. The molecule has 1 aromatic carbocycles. The Labute approximate surface area is 70.2 Å². The number of H-pyrrole nitrogens is 1. The van der Waals surface area contributed by atoms with Crippen molar-refractivity contribution in [2.75, 3.05) is 0 Å². The van der Waals surface area contributed by atoms with Gasteiger partial charge in [0.05, 0.1) is 0 Å². The predicted molar refractivity (Wildman–Crippen MR) is 47.7 cm³/mol. The van der Waals surface area contributed by atoms with Crippen molar-refractivity contribution in [2.24, 2.45) is 0 Å². The normalized spacial score (nSPS) is 10.9. The highest BCUT2D eigenvalue weighted by molar-refractivity contribution is 5.81. The van der Waals surface area contributed by atoms with Crippen molar-refractivity contribution in [1.29, 1.82) is 0 Å². The standard InChI is InChI=1S/C10H10FN/c1-6-3-10-8(5-9(6)11)4-7(2)12-10/h3-5,12H,1-2H3. The van der Waals surface area contributed by atoms with Crippen molar-refractivity contribution < 1.29 is 4.39 Å². The number of fused-ring (bicyclic) bond motifs is 1. The predicted octanol–water partition coefficient (Wildman–Crippen LogP) is 2.92. The molecule has 2 heteroatoms. The van der Waals surface area contributed by atoms with Gasteiger partial charge in [-0.25, -0.2) is 4.39 Å². The van der Waals surface area contributed by atoms with E-state index in [-0.39, 0.29) is 5.82 Å². The molecule has 0 amide bonds. The average Bonchev–Trinajstić information content (AvgIpc) is 2.30. The topological polar surface area (TPSA) is 15.8 Å². The number of hydrogen-bond donors (Lipinski definition) is 1. The van der Waals surface area contributed by atoms with Gasteiger partial charge in [-0.2, -0.15) is 0 Å². The van der Waals surface area contributed by atoms with Crippen LogP contribution in [0.15, 0.2) is 18.2 Å². The molecule has 0 aliphatic heterocycles. The van der Waals surface area contributed by atoms with Crippen LogP contribution >= 0.6 is 0 Å². The molecule has 0 unspecified atom stereocenters. The van der Waals surface area contributed by atoms with Crippen LogP contribution in [0.2, 0.25) is 0 Å². The van der Waals surface area contributed by atoms with Crippen LogP contribution in [0.5, 0.6) is 0 Å². The third-order valence-electron chi connectivity index (χ3n) is 2.03. The summed E-state index contributed by atoms with van der Waals surface area (Å²) < 4.78 is 13.0. The smallest absolute Gasteiger partial charge is 0.126 e. The molecule has 0 aliphatic rings. The highest BCUT2D eigenvalue weighted by Crippen LogP contribution is 2.18. The Morgan fingerprint density at radius 1 is 1.17 bits per heavy atom. The molecule has 0 saturated heterocycles. The summed E-state index contributed by atoms with van der Waals surface area (Å²) in [5, 5.41) is 0.940. The molecule has 0 radical (unpaired) electrons. The summed E-state index contributed by atoms with van der Waals surface area (Å²) in [7, 11) is 0. The van der Waals surface area contributed by atoms with Gasteiger partial charge in [0, 0.05) is 16.6 Å². The quantitative estimate of drug-likeness (QED) is 0.614. The van der Waals surface area contributed by atoms with Crippen molar-refractivity contribution in [2.45, 2.75) is 13.8 Å². The minimum atomic E-state index is -0.137. The van der Waals surface area contributed by atoms with Crippen LogP contribution in [0.1, 0.15) is 11.3 Å². The first-order valence-corrected chi connectivity index (χ1v) is 3.92. The highest BCUT2D eigenvalue weighted by Gasteiger charge is 2.01. The minimum absolute atomic E-state index is 0.137. The monoisotopic (exact) mass is 163 g/mol. The third-order valence-corrected chi connectivity index (χ3v) is 2.03. The van der Waals surface area contributed by atoms with Crippen molar-refractivity contribution in [3.63, 3.8) is 0 Å². The van der Waals surface area contributed by atoms with E-state index in [1.165, 1.54) is 0 Å². The van der Waals surface area contributed by atoms with E-state index in [9.17, 15) is 4.39 Å². The van der Waals surface area contributed by atoms with Gasteiger partial charge in [0.1, 0.15) is 5.82 Å². The fourth-order valence-electron chi connectivity index (χ4n) is 1.41. The number of hydrogen-bond acceptors (Lipinski definition) is 0. The van der Waals surface area contributed by atoms with Crippen molar-refractivity contribution >= 4 is 10.9 Å². The summed E-state index contributed by atoms with van der Waals surface area (Å²) in [6, 6.07) is 5.34. The zero-order chi connectivity index (χ0) is 8.72. The summed E-state index contributed by atoms with van der Waals surface area (Å²) in [5.74, 6) is -0.137. The molecular formula is C10H10FN. The van der Waals surface area contributed by atoms with Crippen LogP contribution in [-0.2, 0) is 0 Å². The number of aromatic nitrogens is 1. The van der Waals surface area contributed by atoms with Crippen LogP contribution in [0, 0.1) is 19.7 Å². The van der Waals surface area contributed by atoms with Gasteiger partial charge >= 0.3 is 0 Å². The van der Waals surface area contributed by atoms with E-state index in [0.29, 0.717) is 5.56 Å². The lowest BCUT2D eigenvalue weighted by atomic mass is 10.2. The largest absolute Gasteiger partial charge is 0.359 e. The molecule has 12 heavy (non-hydrogen) atoms. The van der Waals surface area contributed by atoms with Gasteiger partial charge in [-0.05, 0) is 37.6 Å². The Morgan fingerprint density at radius 3 is 2.67 bits per heavy atom. The van der Waals surface area contributed by atoms with Crippen molar-refractivity contribution in [3.05, 3.63) is 35.3 Å². The molecule has 0 atom stereocenters. The summed E-state index contributed by atoms with van der Waals surface area (Å²) in [4.78, 5) is 3.16. The minimum Gasteiger partial charge on any atom is -0.359 e. The van der Waals surface area contributed by atoms with Crippen molar-refractivity contribution in [3.8, 4) is 0 Å². The van der Waals surface area contributed by atoms with Gasteiger partial charge in [0.15, 0.2) is 0 Å². The average molecular weight is 163 g/mol. The number of aryl methyl sites for hydroxylation is 2. The maximum atomic E-state index is 13.0. The fraction of sp³-hybridized carbons (Fsp3) is 0.200. The molecule has 62 valence electrons. The van der Waals surface area contributed by atoms with E-state index in [4.69, 9.17) is 0 Å². The first-order chi connectivity index (χ1) is 5.66. The lowest BCUT2D eigenvalue weighted by Gasteiger charge is -1.95. The van der Waals surface area contributed by atoms with Crippen LogP contribution in [0.4, 0.5) is 4.39 Å². The molecule has 1 aromatic heterocycles. The maximum absolute atomic E-state index is 13.0. The number of benzene rings is 1. The van der Waals surface area contributed by atoms with Gasteiger partial charge in [-0.15, -0.1) is 0 Å². The van der Waals surface area contributed by atoms with E-state index < -0.39 is 0 Å². The zero-order valence-corrected chi connectivity index (χ0v) is 7.11. The summed E-state index contributed by atoms with van der Waals surface area (Å²) in [5.41, 5.74) is 2.76. The first-order valence-electron chi connectivity index (χ1n) is 3.92. The molecule has 0 aliphatic carbocycles. The molecule has 0 saturated carbocycles. The SMILES string of the molecule is Cc1cc2cc(F)c(C)cc2[nH]1. The third kappa shape index (κ3) is 0.998. The summed E-state index contributed by atoms with van der Waals surface area (Å²) in [6.07, 6.45) is 0. The van der Waals surface area contributed by atoms with Gasteiger partial charge in [0.25, 0.3) is 0 Å². The molecule has 1 heterocycles. The molecular weight excluding hydrogens is 153 g/mol. The van der Waals surface area contributed by atoms with Crippen LogP contribution in [-0.4, -0.2) is 4.98 Å². The van der Waals surface area contributed by atoms with E-state index in [1.807, 2.05) is 19.1 Å². The second-order valence-corrected chi connectivity index (χ2v) is 3.14. The van der Waals surface area contributed by atoms with Crippen molar-refractivity contribution in [1.82, 2.24) is 4.98 Å². The van der Waals surface area contributed by atoms with Gasteiger partial charge in [-0.3, -0.25) is 0 Å². The molecule has 0 spiro atoms. The lowest BCUT2D eigenvalue weighted by molar-refractivity contribution is 0.620. The van der Waals surface area contributed by atoms with E-state index in [2.05, 4.69) is 4.98 Å². The molecule has 2 rings (SSSR count). The second-order valence-electron chi connectivity index (χ2n) is 3.14. The Morgan fingerprint density at radius 2 is 1.92 bits per heavy atom. The van der Waals surface area contributed by atoms with Crippen LogP contribution in [0.3, 0.4) is 0 Å². The Balaban J connectivity index is 2.83. The maximum Gasteiger partial charge on any atom is 0.126 e. The number of aromatic amines is 1. The number of halogens is 1. The highest BCUT2D eigenvalue weighted by atomic mass is 19.1. The molecule has 1 N–H and O–H groups in total. The lowest BCUT2D eigenvalue weighted by Crippen LogP contribution is -1.80. The Hall–Kier alpha value is -1.31. The zero-order valence-electron chi connectivity index (χ0n) is 7.11. The summed E-state index contributed by atoms with van der Waals surface area (Å²) >= 11 is 0. The van der Waals surface area contributed by atoms with E-state index >= 15 is 0 Å². The van der Waals surface area contributed by atoms with E-state index in [1.54, 1.807) is 13.0 Å². The fourth-order valence-corrected chi connectivity index (χ4v) is 1.41. The van der Waals surface area contributed by atoms with Crippen LogP contribution < -0.4 is 0 Å².